The Morgan fingerprint density at radius 3 is 2.50 bits per heavy atom. The summed E-state index contributed by atoms with van der Waals surface area (Å²) >= 11 is 0. The van der Waals surface area contributed by atoms with Crippen LogP contribution in [0, 0.1) is 5.92 Å². The van der Waals surface area contributed by atoms with Crippen LogP contribution in [0.4, 0.5) is 5.69 Å². The van der Waals surface area contributed by atoms with Crippen LogP contribution in [0.5, 0.6) is 5.75 Å². The van der Waals surface area contributed by atoms with Crippen molar-refractivity contribution >= 4 is 23.5 Å². The van der Waals surface area contributed by atoms with E-state index in [0.29, 0.717) is 18.0 Å². The van der Waals surface area contributed by atoms with Crippen molar-refractivity contribution < 1.29 is 23.9 Å². The van der Waals surface area contributed by atoms with Gasteiger partial charge in [-0.25, -0.2) is 0 Å². The van der Waals surface area contributed by atoms with Crippen molar-refractivity contribution in [1.82, 2.24) is 4.90 Å². The molecular weight excluding hydrogens is 384 g/mol. The van der Waals surface area contributed by atoms with Crippen molar-refractivity contribution in [1.29, 1.82) is 0 Å². The van der Waals surface area contributed by atoms with Crippen LogP contribution < -0.4 is 10.1 Å². The van der Waals surface area contributed by atoms with Crippen LogP contribution in [0.25, 0.3) is 0 Å². The normalized spacial score (nSPS) is 16.8. The molecule has 30 heavy (non-hydrogen) atoms. The van der Waals surface area contributed by atoms with Crippen LogP contribution in [0.2, 0.25) is 0 Å². The molecule has 0 aromatic heterocycles. The predicted molar refractivity (Wildman–Crippen MR) is 112 cm³/mol. The molecule has 0 spiro atoms. The Hall–Kier alpha value is -3.35. The first kappa shape index (κ1) is 21.4. The van der Waals surface area contributed by atoms with Gasteiger partial charge >= 0.3 is 5.97 Å². The van der Waals surface area contributed by atoms with Gasteiger partial charge in [-0.05, 0) is 43.7 Å². The number of hydrogen-bond acceptors (Lipinski definition) is 5. The van der Waals surface area contributed by atoms with Gasteiger partial charge in [-0.15, -0.1) is 0 Å². The van der Waals surface area contributed by atoms with E-state index in [1.165, 1.54) is 0 Å². The number of likely N-dealkylation sites (tertiary alicyclic amines) is 1. The van der Waals surface area contributed by atoms with E-state index >= 15 is 0 Å². The number of ether oxygens (including phenoxy) is 2. The fourth-order valence-electron chi connectivity index (χ4n) is 3.43. The number of hydrogen-bond donors (Lipinski definition) is 1. The highest BCUT2D eigenvalue weighted by molar-refractivity contribution is 5.93. The Morgan fingerprint density at radius 2 is 1.83 bits per heavy atom. The van der Waals surface area contributed by atoms with Gasteiger partial charge in [0.25, 0.3) is 5.91 Å². The van der Waals surface area contributed by atoms with E-state index in [4.69, 9.17) is 9.47 Å². The molecule has 0 radical (unpaired) electrons. The number of esters is 1. The Balaban J connectivity index is 1.47. The molecule has 1 heterocycles. The lowest BCUT2D eigenvalue weighted by Crippen LogP contribution is -2.30. The topological polar surface area (TPSA) is 84.9 Å². The van der Waals surface area contributed by atoms with Crippen molar-refractivity contribution in [3.63, 3.8) is 0 Å². The number of carbonyl (C=O) groups is 3. The first-order chi connectivity index (χ1) is 14.5. The van der Waals surface area contributed by atoms with Crippen molar-refractivity contribution in [2.75, 3.05) is 25.1 Å². The molecule has 2 atom stereocenters. The molecule has 1 aliphatic heterocycles. The fraction of sp³-hybridized carbons (Fsp3) is 0.348. The van der Waals surface area contributed by atoms with E-state index < -0.39 is 24.4 Å². The van der Waals surface area contributed by atoms with Crippen molar-refractivity contribution in [3.05, 3.63) is 60.2 Å². The van der Waals surface area contributed by atoms with Crippen LogP contribution in [0.3, 0.4) is 0 Å². The molecule has 7 heteroatoms. The Kier molecular flexibility index (Phi) is 7.06. The summed E-state index contributed by atoms with van der Waals surface area (Å²) in [4.78, 5) is 38.5. The van der Waals surface area contributed by atoms with E-state index in [2.05, 4.69) is 5.32 Å². The molecule has 1 saturated heterocycles. The first-order valence-corrected chi connectivity index (χ1v) is 10.0. The maximum Gasteiger partial charge on any atom is 0.311 e. The van der Waals surface area contributed by atoms with Gasteiger partial charge in [0.05, 0.1) is 18.6 Å². The zero-order valence-electron chi connectivity index (χ0n) is 17.2. The molecule has 1 aliphatic rings. The van der Waals surface area contributed by atoms with Crippen LogP contribution >= 0.6 is 0 Å². The van der Waals surface area contributed by atoms with E-state index in [9.17, 15) is 14.4 Å². The van der Waals surface area contributed by atoms with Crippen LogP contribution in [-0.2, 0) is 19.1 Å². The average molecular weight is 410 g/mol. The first-order valence-electron chi connectivity index (χ1n) is 10.0. The maximum absolute atomic E-state index is 12.4. The minimum Gasteiger partial charge on any atom is -0.494 e. The van der Waals surface area contributed by atoms with Gasteiger partial charge in [0.15, 0.2) is 6.61 Å². The fourth-order valence-corrected chi connectivity index (χ4v) is 3.43. The quantitative estimate of drug-likeness (QED) is 0.676. The molecule has 0 aliphatic carbocycles. The lowest BCUT2D eigenvalue weighted by atomic mass is 10.1. The van der Waals surface area contributed by atoms with Gasteiger partial charge in [0.1, 0.15) is 5.75 Å². The second-order valence-corrected chi connectivity index (χ2v) is 7.15. The summed E-state index contributed by atoms with van der Waals surface area (Å²) < 4.78 is 10.5. The van der Waals surface area contributed by atoms with Gasteiger partial charge in [-0.1, -0.05) is 30.3 Å². The van der Waals surface area contributed by atoms with Crippen molar-refractivity contribution in [2.24, 2.45) is 5.92 Å². The Labute approximate surface area is 176 Å². The second kappa shape index (κ2) is 9.91. The summed E-state index contributed by atoms with van der Waals surface area (Å²) in [6.07, 6.45) is 0.0938. The minimum absolute atomic E-state index is 0.0906. The number of carbonyl (C=O) groups excluding carboxylic acids is 3. The molecule has 1 fully saturated rings. The highest BCUT2D eigenvalue weighted by Crippen LogP contribution is 2.29. The summed E-state index contributed by atoms with van der Waals surface area (Å²) in [7, 11) is 0. The number of anilines is 1. The molecular formula is C23H26N2O5. The third-order valence-electron chi connectivity index (χ3n) is 5.04. The Bertz CT molecular complexity index is 882. The monoisotopic (exact) mass is 410 g/mol. The van der Waals surface area contributed by atoms with E-state index in [1.807, 2.05) is 44.2 Å². The lowest BCUT2D eigenvalue weighted by molar-refractivity contribution is -0.151. The standard InChI is InChI=1S/C23H26N2O5/c1-3-29-20-11-9-19(10-12-20)24-21(26)15-30-23(28)18-13-22(27)25(14-18)16(2)17-7-5-4-6-8-17/h4-12,16,18H,3,13-15H2,1-2H3,(H,24,26)/t16-,18+/m0/s1. The number of benzene rings is 2. The number of rotatable bonds is 8. The number of nitrogens with one attached hydrogen (secondary N) is 1. The molecule has 1 N–H and O–H groups in total. The maximum atomic E-state index is 12.4. The summed E-state index contributed by atoms with van der Waals surface area (Å²) in [6.45, 7) is 4.28. The number of nitrogens with zero attached hydrogens (tertiary/aromatic N) is 1. The molecule has 3 rings (SSSR count). The molecule has 2 aromatic carbocycles. The van der Waals surface area contributed by atoms with E-state index in [0.717, 1.165) is 5.56 Å². The Morgan fingerprint density at radius 1 is 1.13 bits per heavy atom. The smallest absolute Gasteiger partial charge is 0.311 e. The zero-order valence-corrected chi connectivity index (χ0v) is 17.2. The molecule has 2 aromatic rings. The molecule has 7 nitrogen and oxygen atoms in total. The van der Waals surface area contributed by atoms with E-state index in [1.54, 1.807) is 29.2 Å². The molecule has 158 valence electrons. The van der Waals surface area contributed by atoms with Gasteiger partial charge < -0.3 is 19.7 Å². The average Bonchev–Trinajstić information content (AvgIpc) is 3.15. The summed E-state index contributed by atoms with van der Waals surface area (Å²) in [5.41, 5.74) is 1.59. The molecule has 0 unspecified atom stereocenters. The number of amides is 2. The van der Waals surface area contributed by atoms with Gasteiger partial charge in [0, 0.05) is 18.7 Å². The van der Waals surface area contributed by atoms with Crippen molar-refractivity contribution in [3.8, 4) is 5.75 Å². The summed E-state index contributed by atoms with van der Waals surface area (Å²) in [5.74, 6) is -0.921. The highest BCUT2D eigenvalue weighted by atomic mass is 16.5. The van der Waals surface area contributed by atoms with Gasteiger partial charge in [0.2, 0.25) is 5.91 Å². The van der Waals surface area contributed by atoms with E-state index in [-0.39, 0.29) is 24.9 Å². The zero-order chi connectivity index (χ0) is 21.5. The third kappa shape index (κ3) is 5.37. The second-order valence-electron chi connectivity index (χ2n) is 7.15. The molecule has 0 bridgehead atoms. The minimum atomic E-state index is -0.568. The van der Waals surface area contributed by atoms with Crippen LogP contribution in [0.15, 0.2) is 54.6 Å². The predicted octanol–water partition coefficient (Wildman–Crippen LogP) is 3.18. The third-order valence-corrected chi connectivity index (χ3v) is 5.04. The van der Waals surface area contributed by atoms with Crippen LogP contribution in [-0.4, -0.2) is 42.4 Å². The summed E-state index contributed by atoms with van der Waals surface area (Å²) in [6, 6.07) is 16.5. The van der Waals surface area contributed by atoms with Crippen LogP contribution in [0.1, 0.15) is 31.9 Å². The van der Waals surface area contributed by atoms with Gasteiger partial charge in [-0.3, -0.25) is 14.4 Å². The molecule has 0 saturated carbocycles. The highest BCUT2D eigenvalue weighted by Gasteiger charge is 2.38. The van der Waals surface area contributed by atoms with Crippen molar-refractivity contribution in [2.45, 2.75) is 26.3 Å². The summed E-state index contributed by atoms with van der Waals surface area (Å²) in [5, 5.41) is 2.67. The SMILES string of the molecule is CCOc1ccc(NC(=O)COC(=O)[C@@H]2CC(=O)N([C@@H](C)c3ccccc3)C2)cc1. The van der Waals surface area contributed by atoms with Gasteiger partial charge in [-0.2, -0.15) is 0 Å². The largest absolute Gasteiger partial charge is 0.494 e. The molecule has 2 amide bonds. The lowest BCUT2D eigenvalue weighted by Gasteiger charge is -2.25.